The normalized spacial score (nSPS) is 24.3. The molecule has 1 heterocycles. The average Bonchev–Trinajstić information content (AvgIpc) is 2.32. The van der Waals surface area contributed by atoms with Gasteiger partial charge in [0.2, 0.25) is 0 Å². The minimum atomic E-state index is 0.305. The van der Waals surface area contributed by atoms with Gasteiger partial charge in [-0.2, -0.15) is 0 Å². The van der Waals surface area contributed by atoms with Gasteiger partial charge in [-0.05, 0) is 49.8 Å². The molecule has 0 spiro atoms. The van der Waals surface area contributed by atoms with Crippen LogP contribution in [-0.4, -0.2) is 30.1 Å². The molecule has 1 N–H and O–H groups in total. The molecule has 0 bridgehead atoms. The topological polar surface area (TPSA) is 15.3 Å². The molecule has 0 saturated carbocycles. The average molecular weight is 288 g/mol. The van der Waals surface area contributed by atoms with E-state index in [1.165, 1.54) is 22.3 Å². The molecule has 2 atom stereocenters. The summed E-state index contributed by atoms with van der Waals surface area (Å²) in [5.74, 6) is 0. The van der Waals surface area contributed by atoms with Gasteiger partial charge in [0.15, 0.2) is 0 Å². The van der Waals surface area contributed by atoms with Gasteiger partial charge in [-0.25, -0.2) is 0 Å². The Balaban J connectivity index is 2.27. The minimum Gasteiger partial charge on any atom is -0.311 e. The van der Waals surface area contributed by atoms with Crippen LogP contribution >= 0.6 is 0 Å². The van der Waals surface area contributed by atoms with Crippen molar-refractivity contribution in [3.63, 3.8) is 0 Å². The molecule has 0 aliphatic carbocycles. The van der Waals surface area contributed by atoms with Crippen molar-refractivity contribution in [3.8, 4) is 0 Å². The van der Waals surface area contributed by atoms with Gasteiger partial charge in [0.25, 0.3) is 0 Å². The molecule has 2 unspecified atom stereocenters. The van der Waals surface area contributed by atoms with Gasteiger partial charge in [-0.3, -0.25) is 4.90 Å². The van der Waals surface area contributed by atoms with Gasteiger partial charge in [0, 0.05) is 31.7 Å². The van der Waals surface area contributed by atoms with Crippen LogP contribution < -0.4 is 5.32 Å². The van der Waals surface area contributed by atoms with Crippen molar-refractivity contribution in [1.29, 1.82) is 0 Å². The number of aryl methyl sites for hydroxylation is 3. The fourth-order valence-electron chi connectivity index (χ4n) is 3.68. The van der Waals surface area contributed by atoms with Gasteiger partial charge < -0.3 is 5.32 Å². The summed E-state index contributed by atoms with van der Waals surface area (Å²) >= 11 is 0. The van der Waals surface area contributed by atoms with Crippen LogP contribution in [0.3, 0.4) is 0 Å². The largest absolute Gasteiger partial charge is 0.311 e. The molecular formula is C19H32N2. The third-order valence-electron chi connectivity index (χ3n) is 4.81. The zero-order chi connectivity index (χ0) is 15.8. The summed E-state index contributed by atoms with van der Waals surface area (Å²) in [4.78, 5) is 2.69. The van der Waals surface area contributed by atoms with Gasteiger partial charge >= 0.3 is 0 Å². The smallest absolute Gasteiger partial charge is 0.0273 e. The van der Waals surface area contributed by atoms with Crippen molar-refractivity contribution < 1.29 is 0 Å². The lowest BCUT2D eigenvalue weighted by molar-refractivity contribution is 0.0523. The Bertz CT molecular complexity index is 476. The van der Waals surface area contributed by atoms with Gasteiger partial charge in [-0.1, -0.05) is 38.5 Å². The molecule has 1 aromatic carbocycles. The molecule has 0 aromatic heterocycles. The van der Waals surface area contributed by atoms with Crippen molar-refractivity contribution >= 4 is 0 Å². The van der Waals surface area contributed by atoms with E-state index in [9.17, 15) is 0 Å². The van der Waals surface area contributed by atoms with Crippen molar-refractivity contribution in [1.82, 2.24) is 10.2 Å². The van der Waals surface area contributed by atoms with E-state index >= 15 is 0 Å². The van der Waals surface area contributed by atoms with Crippen LogP contribution in [-0.2, 0) is 6.54 Å². The maximum atomic E-state index is 3.65. The quantitative estimate of drug-likeness (QED) is 0.890. The van der Waals surface area contributed by atoms with Gasteiger partial charge in [-0.15, -0.1) is 0 Å². The van der Waals surface area contributed by atoms with Crippen molar-refractivity contribution in [2.45, 2.75) is 67.1 Å². The Kier molecular flexibility index (Phi) is 4.79. The molecule has 21 heavy (non-hydrogen) atoms. The lowest BCUT2D eigenvalue weighted by atomic mass is 9.83. The first-order valence-corrected chi connectivity index (χ1v) is 8.22. The van der Waals surface area contributed by atoms with E-state index in [4.69, 9.17) is 0 Å². The molecule has 0 amide bonds. The number of benzene rings is 1. The molecule has 2 rings (SSSR count). The van der Waals surface area contributed by atoms with Crippen LogP contribution in [0.1, 0.15) is 49.9 Å². The maximum Gasteiger partial charge on any atom is 0.0273 e. The number of piperazine rings is 1. The number of hydrogen-bond acceptors (Lipinski definition) is 2. The first-order valence-electron chi connectivity index (χ1n) is 8.22. The summed E-state index contributed by atoms with van der Waals surface area (Å²) in [5, 5.41) is 3.65. The Hall–Kier alpha value is -0.860. The van der Waals surface area contributed by atoms with Crippen LogP contribution in [0, 0.1) is 26.2 Å². The predicted octanol–water partition coefficient (Wildman–Crippen LogP) is 3.82. The lowest BCUT2D eigenvalue weighted by Crippen LogP contribution is -2.59. The first-order chi connectivity index (χ1) is 9.68. The lowest BCUT2D eigenvalue weighted by Gasteiger charge is -2.46. The highest BCUT2D eigenvalue weighted by molar-refractivity contribution is 5.37. The SMILES string of the molecule is Cc1cc(C)c(CN2CC(C)NCC2C(C)(C)C)c(C)c1. The molecule has 1 aliphatic rings. The Morgan fingerprint density at radius 2 is 1.71 bits per heavy atom. The Labute approximate surface area is 130 Å². The summed E-state index contributed by atoms with van der Waals surface area (Å²) < 4.78 is 0. The molecule has 118 valence electrons. The summed E-state index contributed by atoms with van der Waals surface area (Å²) in [5.41, 5.74) is 6.07. The van der Waals surface area contributed by atoms with Gasteiger partial charge in [0.1, 0.15) is 0 Å². The second-order valence-corrected chi connectivity index (χ2v) is 8.00. The first kappa shape index (κ1) is 16.5. The molecule has 2 heteroatoms. The van der Waals surface area contributed by atoms with Crippen LogP contribution in [0.15, 0.2) is 12.1 Å². The second kappa shape index (κ2) is 6.10. The van der Waals surface area contributed by atoms with E-state index in [1.807, 2.05) is 0 Å². The molecular weight excluding hydrogens is 256 g/mol. The summed E-state index contributed by atoms with van der Waals surface area (Å²) in [6.45, 7) is 19.4. The fourth-order valence-corrected chi connectivity index (χ4v) is 3.68. The van der Waals surface area contributed by atoms with Crippen LogP contribution in [0.4, 0.5) is 0 Å². The summed E-state index contributed by atoms with van der Waals surface area (Å²) in [6, 6.07) is 5.81. The highest BCUT2D eigenvalue weighted by Gasteiger charge is 2.34. The highest BCUT2D eigenvalue weighted by atomic mass is 15.2. The van der Waals surface area contributed by atoms with Crippen LogP contribution in [0.5, 0.6) is 0 Å². The molecule has 1 fully saturated rings. The van der Waals surface area contributed by atoms with E-state index in [0.717, 1.165) is 19.6 Å². The maximum absolute atomic E-state index is 3.65. The Morgan fingerprint density at radius 3 is 2.24 bits per heavy atom. The predicted molar refractivity (Wildman–Crippen MR) is 91.8 cm³/mol. The highest BCUT2D eigenvalue weighted by Crippen LogP contribution is 2.29. The number of nitrogens with one attached hydrogen (secondary N) is 1. The standard InChI is InChI=1S/C19H32N2/c1-13-8-14(2)17(15(3)9-13)12-21-11-16(4)20-10-18(21)19(5,6)7/h8-9,16,18,20H,10-12H2,1-7H3. The van der Waals surface area contributed by atoms with E-state index in [1.54, 1.807) is 0 Å². The third-order valence-corrected chi connectivity index (χ3v) is 4.81. The van der Waals surface area contributed by atoms with E-state index in [-0.39, 0.29) is 0 Å². The number of nitrogens with zero attached hydrogens (tertiary/aromatic N) is 1. The minimum absolute atomic E-state index is 0.305. The number of hydrogen-bond donors (Lipinski definition) is 1. The monoisotopic (exact) mass is 288 g/mol. The van der Waals surface area contributed by atoms with E-state index in [0.29, 0.717) is 17.5 Å². The van der Waals surface area contributed by atoms with Crippen molar-refractivity contribution in [3.05, 3.63) is 34.4 Å². The van der Waals surface area contributed by atoms with Crippen molar-refractivity contribution in [2.75, 3.05) is 13.1 Å². The molecule has 2 nitrogen and oxygen atoms in total. The molecule has 1 saturated heterocycles. The molecule has 1 aliphatic heterocycles. The second-order valence-electron chi connectivity index (χ2n) is 8.00. The molecule has 0 radical (unpaired) electrons. The number of rotatable bonds is 2. The van der Waals surface area contributed by atoms with Crippen LogP contribution in [0.2, 0.25) is 0 Å². The van der Waals surface area contributed by atoms with Crippen LogP contribution in [0.25, 0.3) is 0 Å². The fraction of sp³-hybridized carbons (Fsp3) is 0.684. The van der Waals surface area contributed by atoms with E-state index < -0.39 is 0 Å². The van der Waals surface area contributed by atoms with E-state index in [2.05, 4.69) is 70.8 Å². The Morgan fingerprint density at radius 1 is 1.14 bits per heavy atom. The van der Waals surface area contributed by atoms with Crippen molar-refractivity contribution in [2.24, 2.45) is 5.41 Å². The summed E-state index contributed by atoms with van der Waals surface area (Å²) in [7, 11) is 0. The van der Waals surface area contributed by atoms with Gasteiger partial charge in [0.05, 0.1) is 0 Å². The molecule has 1 aromatic rings. The third kappa shape index (κ3) is 3.87. The zero-order valence-corrected chi connectivity index (χ0v) is 14.9. The summed E-state index contributed by atoms with van der Waals surface area (Å²) in [6.07, 6.45) is 0. The zero-order valence-electron chi connectivity index (χ0n) is 14.9.